The molecule has 2 nitrogen and oxygen atoms in total. The van der Waals surface area contributed by atoms with Gasteiger partial charge in [-0.05, 0) is 19.9 Å². The van der Waals surface area contributed by atoms with Crippen LogP contribution in [0.4, 0.5) is 0 Å². The second-order valence-electron chi connectivity index (χ2n) is 3.04. The molecule has 0 fully saturated rings. The lowest BCUT2D eigenvalue weighted by molar-refractivity contribution is 0.561. The summed E-state index contributed by atoms with van der Waals surface area (Å²) < 4.78 is 4.94. The van der Waals surface area contributed by atoms with Gasteiger partial charge in [-0.2, -0.15) is 0 Å². The minimum absolute atomic E-state index is 0.875. The van der Waals surface area contributed by atoms with Gasteiger partial charge >= 0.3 is 0 Å². The Balaban J connectivity index is 2.16. The van der Waals surface area contributed by atoms with Crippen molar-refractivity contribution in [1.82, 2.24) is 5.32 Å². The summed E-state index contributed by atoms with van der Waals surface area (Å²) in [7, 11) is 0. The highest BCUT2D eigenvalue weighted by Gasteiger charge is 1.90. The fourth-order valence-corrected chi connectivity index (χ4v) is 0.886. The van der Waals surface area contributed by atoms with Gasteiger partial charge in [0.15, 0.2) is 0 Å². The first-order valence-corrected chi connectivity index (χ1v) is 4.14. The van der Waals surface area contributed by atoms with Crippen molar-refractivity contribution in [3.8, 4) is 0 Å². The fourth-order valence-electron chi connectivity index (χ4n) is 0.886. The van der Waals surface area contributed by atoms with Crippen LogP contribution in [0, 0.1) is 0 Å². The van der Waals surface area contributed by atoms with Crippen molar-refractivity contribution in [3.05, 3.63) is 35.8 Å². The SMILES string of the molecule is CC(C)=CCNCc1ccoc1. The Morgan fingerprint density at radius 2 is 2.42 bits per heavy atom. The van der Waals surface area contributed by atoms with E-state index in [9.17, 15) is 0 Å². The topological polar surface area (TPSA) is 25.2 Å². The van der Waals surface area contributed by atoms with Crippen LogP contribution in [-0.4, -0.2) is 6.54 Å². The van der Waals surface area contributed by atoms with Gasteiger partial charge in [0.1, 0.15) is 0 Å². The van der Waals surface area contributed by atoms with Crippen molar-refractivity contribution < 1.29 is 4.42 Å². The highest BCUT2D eigenvalue weighted by Crippen LogP contribution is 1.98. The molecule has 1 rings (SSSR count). The zero-order valence-electron chi connectivity index (χ0n) is 7.63. The lowest BCUT2D eigenvalue weighted by Crippen LogP contribution is -2.12. The highest BCUT2D eigenvalue weighted by atomic mass is 16.3. The van der Waals surface area contributed by atoms with Crippen molar-refractivity contribution in [1.29, 1.82) is 0 Å². The lowest BCUT2D eigenvalue weighted by atomic mass is 10.3. The van der Waals surface area contributed by atoms with Crippen LogP contribution >= 0.6 is 0 Å². The van der Waals surface area contributed by atoms with E-state index in [2.05, 4.69) is 25.2 Å². The monoisotopic (exact) mass is 165 g/mol. The van der Waals surface area contributed by atoms with E-state index in [-0.39, 0.29) is 0 Å². The Morgan fingerprint density at radius 1 is 1.58 bits per heavy atom. The van der Waals surface area contributed by atoms with E-state index in [0.717, 1.165) is 13.1 Å². The fraction of sp³-hybridized carbons (Fsp3) is 0.400. The van der Waals surface area contributed by atoms with Crippen LogP contribution in [0.3, 0.4) is 0 Å². The van der Waals surface area contributed by atoms with Gasteiger partial charge < -0.3 is 9.73 Å². The summed E-state index contributed by atoms with van der Waals surface area (Å²) in [5, 5.41) is 3.28. The maximum atomic E-state index is 4.94. The Labute approximate surface area is 73.3 Å². The second-order valence-corrected chi connectivity index (χ2v) is 3.04. The zero-order valence-corrected chi connectivity index (χ0v) is 7.63. The summed E-state index contributed by atoms with van der Waals surface area (Å²) in [6.07, 6.45) is 5.62. The molecule has 0 aliphatic carbocycles. The summed E-state index contributed by atoms with van der Waals surface area (Å²) in [5.41, 5.74) is 2.53. The molecule has 0 aromatic carbocycles. The zero-order chi connectivity index (χ0) is 8.81. The Kier molecular flexibility index (Phi) is 3.61. The molecular weight excluding hydrogens is 150 g/mol. The van der Waals surface area contributed by atoms with Crippen LogP contribution in [0.2, 0.25) is 0 Å². The van der Waals surface area contributed by atoms with E-state index >= 15 is 0 Å². The first-order valence-electron chi connectivity index (χ1n) is 4.14. The van der Waals surface area contributed by atoms with Crippen LogP contribution in [0.5, 0.6) is 0 Å². The van der Waals surface area contributed by atoms with Crippen molar-refractivity contribution in [2.45, 2.75) is 20.4 Å². The number of hydrogen-bond acceptors (Lipinski definition) is 2. The lowest BCUT2D eigenvalue weighted by Gasteiger charge is -1.97. The van der Waals surface area contributed by atoms with Crippen LogP contribution in [0.15, 0.2) is 34.7 Å². The number of allylic oxidation sites excluding steroid dienone is 1. The molecule has 0 saturated heterocycles. The highest BCUT2D eigenvalue weighted by molar-refractivity contribution is 5.05. The summed E-state index contributed by atoms with van der Waals surface area (Å²) in [6, 6.07) is 1.97. The van der Waals surface area contributed by atoms with Gasteiger partial charge in [0.2, 0.25) is 0 Å². The number of nitrogens with one attached hydrogen (secondary N) is 1. The minimum atomic E-state index is 0.875. The molecule has 66 valence electrons. The van der Waals surface area contributed by atoms with E-state index < -0.39 is 0 Å². The average Bonchev–Trinajstić information content (AvgIpc) is 2.49. The van der Waals surface area contributed by atoms with Crippen molar-refractivity contribution in [3.63, 3.8) is 0 Å². The Morgan fingerprint density at radius 3 is 3.00 bits per heavy atom. The third kappa shape index (κ3) is 3.39. The van der Waals surface area contributed by atoms with Crippen molar-refractivity contribution in [2.24, 2.45) is 0 Å². The van der Waals surface area contributed by atoms with Crippen LogP contribution in [0.25, 0.3) is 0 Å². The number of furan rings is 1. The summed E-state index contributed by atoms with van der Waals surface area (Å²) in [5.74, 6) is 0. The van der Waals surface area contributed by atoms with Gasteiger partial charge in [0.05, 0.1) is 12.5 Å². The van der Waals surface area contributed by atoms with Gasteiger partial charge in [-0.25, -0.2) is 0 Å². The standard InChI is InChI=1S/C10H15NO/c1-9(2)3-5-11-7-10-4-6-12-8-10/h3-4,6,8,11H,5,7H2,1-2H3. The molecule has 0 radical (unpaired) electrons. The van der Waals surface area contributed by atoms with E-state index in [0.29, 0.717) is 0 Å². The molecule has 0 amide bonds. The Bertz CT molecular complexity index is 232. The molecule has 0 bridgehead atoms. The van der Waals surface area contributed by atoms with Crippen molar-refractivity contribution in [2.75, 3.05) is 6.54 Å². The molecule has 12 heavy (non-hydrogen) atoms. The minimum Gasteiger partial charge on any atom is -0.472 e. The molecule has 0 saturated carbocycles. The molecule has 1 N–H and O–H groups in total. The van der Waals surface area contributed by atoms with Crippen LogP contribution in [0.1, 0.15) is 19.4 Å². The molecule has 1 heterocycles. The van der Waals surface area contributed by atoms with Crippen molar-refractivity contribution >= 4 is 0 Å². The average molecular weight is 165 g/mol. The molecular formula is C10H15NO. The maximum absolute atomic E-state index is 4.94. The van der Waals surface area contributed by atoms with Gasteiger partial charge in [-0.1, -0.05) is 11.6 Å². The van der Waals surface area contributed by atoms with E-state index in [4.69, 9.17) is 4.42 Å². The third-order valence-electron chi connectivity index (χ3n) is 1.56. The molecule has 0 unspecified atom stereocenters. The molecule has 2 heteroatoms. The normalized spacial score (nSPS) is 9.83. The van der Waals surface area contributed by atoms with Crippen LogP contribution in [-0.2, 0) is 6.54 Å². The van der Waals surface area contributed by atoms with E-state index in [1.807, 2.05) is 6.07 Å². The predicted molar refractivity (Wildman–Crippen MR) is 49.8 cm³/mol. The first kappa shape index (κ1) is 9.07. The Hall–Kier alpha value is -1.02. The quantitative estimate of drug-likeness (QED) is 0.547. The number of rotatable bonds is 4. The maximum Gasteiger partial charge on any atom is 0.0947 e. The summed E-state index contributed by atoms with van der Waals surface area (Å²) >= 11 is 0. The molecule has 0 spiro atoms. The summed E-state index contributed by atoms with van der Waals surface area (Å²) in [4.78, 5) is 0. The van der Waals surface area contributed by atoms with Gasteiger partial charge in [-0.15, -0.1) is 0 Å². The van der Waals surface area contributed by atoms with E-state index in [1.165, 1.54) is 11.1 Å². The third-order valence-corrected chi connectivity index (χ3v) is 1.56. The summed E-state index contributed by atoms with van der Waals surface area (Å²) in [6.45, 7) is 5.99. The van der Waals surface area contributed by atoms with E-state index in [1.54, 1.807) is 12.5 Å². The van der Waals surface area contributed by atoms with Crippen LogP contribution < -0.4 is 5.32 Å². The molecule has 0 aliphatic rings. The largest absolute Gasteiger partial charge is 0.472 e. The van der Waals surface area contributed by atoms with Gasteiger partial charge in [-0.3, -0.25) is 0 Å². The number of hydrogen-bond donors (Lipinski definition) is 1. The molecule has 1 aromatic rings. The molecule has 0 aliphatic heterocycles. The smallest absolute Gasteiger partial charge is 0.0947 e. The first-order chi connectivity index (χ1) is 5.79. The van der Waals surface area contributed by atoms with Gasteiger partial charge in [0, 0.05) is 18.7 Å². The molecule has 1 aromatic heterocycles. The predicted octanol–water partition coefficient (Wildman–Crippen LogP) is 2.34. The molecule has 0 atom stereocenters. The second kappa shape index (κ2) is 4.78. The van der Waals surface area contributed by atoms with Gasteiger partial charge in [0.25, 0.3) is 0 Å².